The zero-order valence-corrected chi connectivity index (χ0v) is 50.4. The summed E-state index contributed by atoms with van der Waals surface area (Å²) < 4.78 is 64.7. The summed E-state index contributed by atoms with van der Waals surface area (Å²) in [5.74, 6) is -3.37. The third-order valence-electron chi connectivity index (χ3n) is 18.2. The zero-order chi connectivity index (χ0) is 57.7. The van der Waals surface area contributed by atoms with Gasteiger partial charge in [-0.15, -0.1) is 11.8 Å². The van der Waals surface area contributed by atoms with E-state index in [1.54, 1.807) is 54.3 Å². The number of methoxy groups -OCH3 is 3. The fraction of sp³-hybridized carbons (Fsp3) is 0.767. The molecule has 7 rings (SSSR count). The number of Topliss-reactive ketones (excluding diaryl/α,β-unsaturated/α-hetero) is 1. The number of ether oxygens (including phenoxy) is 10. The molecule has 2 N–H and O–H groups in total. The number of benzene rings is 1. The van der Waals surface area contributed by atoms with Gasteiger partial charge in [0, 0.05) is 93.3 Å². The van der Waals surface area contributed by atoms with E-state index in [0.29, 0.717) is 36.8 Å². The van der Waals surface area contributed by atoms with Crippen LogP contribution in [0.3, 0.4) is 0 Å². The second-order valence-corrected chi connectivity index (χ2v) is 25.3. The highest BCUT2D eigenvalue weighted by atomic mass is 32.2. The number of esters is 2. The fourth-order valence-electron chi connectivity index (χ4n) is 13.3. The van der Waals surface area contributed by atoms with Crippen molar-refractivity contribution < 1.29 is 72.0 Å². The summed E-state index contributed by atoms with van der Waals surface area (Å²) in [6.45, 7) is 19.4. The van der Waals surface area contributed by atoms with Crippen LogP contribution in [0.4, 0.5) is 5.69 Å². The minimum atomic E-state index is -1.43. The summed E-state index contributed by atoms with van der Waals surface area (Å²) >= 11 is 1.44. The van der Waals surface area contributed by atoms with Crippen LogP contribution in [0.25, 0.3) is 0 Å². The topological polar surface area (TPSA) is 203 Å². The molecule has 0 bridgehead atoms. The molecule has 79 heavy (non-hydrogen) atoms. The number of aliphatic hydroxyl groups excluding tert-OH is 2. The van der Waals surface area contributed by atoms with Crippen LogP contribution >= 0.6 is 11.8 Å². The smallest absolute Gasteiger partial charge is 0.320 e. The molecule has 0 spiro atoms. The molecule has 19 heteroatoms. The van der Waals surface area contributed by atoms with Gasteiger partial charge < -0.3 is 67.4 Å². The lowest BCUT2D eigenvalue weighted by Gasteiger charge is -2.50. The van der Waals surface area contributed by atoms with Gasteiger partial charge in [0.25, 0.3) is 0 Å². The molecule has 10 unspecified atom stereocenters. The molecule has 2 aromatic rings. The Hall–Kier alpha value is -3.63. The Labute approximate surface area is 473 Å². The van der Waals surface area contributed by atoms with Crippen molar-refractivity contribution in [1.82, 2.24) is 9.88 Å². The molecule has 5 fully saturated rings. The van der Waals surface area contributed by atoms with Crippen LogP contribution in [0.5, 0.6) is 11.5 Å². The summed E-state index contributed by atoms with van der Waals surface area (Å²) in [7, 11) is 8.53. The standard InChI is InChI=1S/C60H93N3O15S/c1-16-46-60(10)48(52(56(68)78-60)79-28-27-63(33-40-23-25-61-26-24-40)41-21-22-44(69-13)45(30-41)74-42-19-17-18-20-42)36(4)49(64)34(2)31-59(9,71-15)54(77-57-50(65)43(62(11)12)29-35(3)72-57)37(5)51(38(6)55(67)75-46)76-47-32-58(8,70-14)53(66)39(7)73-47/h21-26,30,34-39,42-43,46-48,50-54,57,65-66H,16-20,27-29,31-33H2,1-15H3/t34-,35?,36?,37+,38?,39?,43?,46-,47?,48?,50-,51+,52?,53+,54-,57+,58?,59?,60-/m1/s1. The first kappa shape index (κ1) is 63.0. The average Bonchev–Trinajstić information content (AvgIpc) is 4.04. The quantitative estimate of drug-likeness (QED) is 0.137. The number of cyclic esters (lactones) is 1. The molecule has 0 radical (unpaired) electrons. The SMILES string of the molecule is CC[C@H]1OC(=O)C(C)[C@@H](OC2CC(C)(OC)[C@@H](O)C(C)O2)[C@H](C)[C@@H](O[C@@H]2OC(C)CC(N(C)C)[C@H]2O)C(C)(OC)C[C@@H](C)C(=O)C(C)C2C(SCCN(Cc3ccncc3)c3ccc(OC)c(OC4CCCC4)c3)C(=O)O[C@@]21C. The van der Waals surface area contributed by atoms with E-state index >= 15 is 9.59 Å². The van der Waals surface area contributed by atoms with E-state index in [1.807, 2.05) is 90.9 Å². The van der Waals surface area contributed by atoms with Gasteiger partial charge in [-0.25, -0.2) is 0 Å². The van der Waals surface area contributed by atoms with Gasteiger partial charge in [0.05, 0.1) is 54.7 Å². The van der Waals surface area contributed by atoms with Crippen molar-refractivity contribution >= 4 is 35.2 Å². The van der Waals surface area contributed by atoms with Crippen molar-refractivity contribution in [2.45, 2.75) is 217 Å². The third kappa shape index (κ3) is 13.9. The van der Waals surface area contributed by atoms with Gasteiger partial charge in [0.1, 0.15) is 29.3 Å². The number of carbonyl (C=O) groups is 3. The van der Waals surface area contributed by atoms with Crippen LogP contribution in [0.15, 0.2) is 42.7 Å². The third-order valence-corrected chi connectivity index (χ3v) is 19.4. The number of thioether (sulfide) groups is 1. The first-order valence-electron chi connectivity index (χ1n) is 28.7. The molecule has 5 heterocycles. The Morgan fingerprint density at radius 2 is 1.52 bits per heavy atom. The predicted molar refractivity (Wildman–Crippen MR) is 300 cm³/mol. The van der Waals surface area contributed by atoms with Crippen molar-refractivity contribution in [3.63, 3.8) is 0 Å². The average molecular weight is 1130 g/mol. The maximum Gasteiger partial charge on any atom is 0.320 e. The normalized spacial score (nSPS) is 38.9. The number of likely N-dealkylation sites (N-methyl/N-ethyl adjacent to an activating group) is 1. The second-order valence-electron chi connectivity index (χ2n) is 24.0. The number of rotatable bonds is 18. The van der Waals surface area contributed by atoms with Gasteiger partial charge in [-0.2, -0.15) is 0 Å². The van der Waals surface area contributed by atoms with Crippen molar-refractivity contribution in [1.29, 1.82) is 0 Å². The number of ketones is 1. The van der Waals surface area contributed by atoms with Crippen molar-refractivity contribution in [2.75, 3.05) is 52.6 Å². The largest absolute Gasteiger partial charge is 0.493 e. The Morgan fingerprint density at radius 1 is 0.835 bits per heavy atom. The van der Waals surface area contributed by atoms with E-state index in [4.69, 9.17) is 47.4 Å². The highest BCUT2D eigenvalue weighted by Gasteiger charge is 2.62. The highest BCUT2D eigenvalue weighted by Crippen LogP contribution is 2.50. The first-order chi connectivity index (χ1) is 37.4. The van der Waals surface area contributed by atoms with Gasteiger partial charge in [0.15, 0.2) is 29.7 Å². The van der Waals surface area contributed by atoms with Gasteiger partial charge in [0.2, 0.25) is 0 Å². The Morgan fingerprint density at radius 3 is 2.15 bits per heavy atom. The summed E-state index contributed by atoms with van der Waals surface area (Å²) in [6, 6.07) is 9.63. The van der Waals surface area contributed by atoms with Crippen LogP contribution in [0.2, 0.25) is 0 Å². The van der Waals surface area contributed by atoms with Gasteiger partial charge >= 0.3 is 11.9 Å². The Balaban J connectivity index is 1.25. The second kappa shape index (κ2) is 26.7. The number of fused-ring (bicyclic) bond motifs is 1. The van der Waals surface area contributed by atoms with Crippen LogP contribution in [0, 0.1) is 29.6 Å². The predicted octanol–water partition coefficient (Wildman–Crippen LogP) is 7.79. The molecule has 4 saturated heterocycles. The summed E-state index contributed by atoms with van der Waals surface area (Å²) in [4.78, 5) is 53.8. The molecule has 1 aromatic heterocycles. The molecule has 4 aliphatic heterocycles. The minimum Gasteiger partial charge on any atom is -0.493 e. The number of hydrogen-bond donors (Lipinski definition) is 2. The lowest BCUT2D eigenvalue weighted by molar-refractivity contribution is -0.319. The monoisotopic (exact) mass is 1130 g/mol. The van der Waals surface area contributed by atoms with Crippen LogP contribution in [0.1, 0.15) is 126 Å². The molecule has 1 aromatic carbocycles. The van der Waals surface area contributed by atoms with Gasteiger partial charge in [-0.1, -0.05) is 27.7 Å². The van der Waals surface area contributed by atoms with Gasteiger partial charge in [-0.3, -0.25) is 19.4 Å². The van der Waals surface area contributed by atoms with Crippen LogP contribution in [-0.2, 0) is 58.8 Å². The molecular weight excluding hydrogens is 1030 g/mol. The molecule has 0 amide bonds. The summed E-state index contributed by atoms with van der Waals surface area (Å²) in [5.41, 5.74) is -1.81. The van der Waals surface area contributed by atoms with E-state index in [9.17, 15) is 15.0 Å². The number of nitrogens with zero attached hydrogens (tertiary/aromatic N) is 3. The summed E-state index contributed by atoms with van der Waals surface area (Å²) in [5, 5.41) is 22.3. The fourth-order valence-corrected chi connectivity index (χ4v) is 14.8. The van der Waals surface area contributed by atoms with Crippen molar-refractivity contribution in [2.24, 2.45) is 29.6 Å². The number of pyridine rings is 1. The first-order valence-corrected chi connectivity index (χ1v) is 29.8. The number of hydrogen-bond acceptors (Lipinski definition) is 19. The number of carbonyl (C=O) groups excluding carboxylic acids is 3. The van der Waals surface area contributed by atoms with E-state index in [2.05, 4.69) is 9.88 Å². The molecular formula is C60H93N3O15S. The van der Waals surface area contributed by atoms with Crippen molar-refractivity contribution in [3.8, 4) is 11.5 Å². The summed E-state index contributed by atoms with van der Waals surface area (Å²) in [6.07, 6.45) is 0.814. The maximum absolute atomic E-state index is 15.5. The van der Waals surface area contributed by atoms with Crippen LogP contribution in [-0.4, -0.2) is 175 Å². The maximum atomic E-state index is 15.5. The number of anilines is 1. The van der Waals surface area contributed by atoms with E-state index in [0.717, 1.165) is 36.9 Å². The number of aliphatic hydroxyl groups is 2. The molecule has 18 nitrogen and oxygen atoms in total. The Bertz CT molecular complexity index is 2330. The van der Waals surface area contributed by atoms with E-state index in [1.165, 1.54) is 18.9 Å². The Kier molecular flexibility index (Phi) is 21.3. The molecule has 19 atom stereocenters. The lowest BCUT2D eigenvalue weighted by Crippen LogP contribution is -2.61. The van der Waals surface area contributed by atoms with Crippen molar-refractivity contribution in [3.05, 3.63) is 48.3 Å². The molecule has 1 aliphatic carbocycles. The molecule has 444 valence electrons. The van der Waals surface area contributed by atoms with E-state index < -0.39 is 113 Å². The lowest BCUT2D eigenvalue weighted by atomic mass is 9.70. The van der Waals surface area contributed by atoms with E-state index in [-0.39, 0.29) is 43.3 Å². The van der Waals surface area contributed by atoms with Gasteiger partial charge in [-0.05, 0) is 130 Å². The highest BCUT2D eigenvalue weighted by molar-refractivity contribution is 8.00. The minimum absolute atomic E-state index is 0.114. The molecule has 1 saturated carbocycles. The zero-order valence-electron chi connectivity index (χ0n) is 49.6. The number of aromatic nitrogens is 1. The molecule has 5 aliphatic rings. The van der Waals surface area contributed by atoms with Crippen LogP contribution < -0.4 is 14.4 Å².